The molecule has 3 amide bonds. The Morgan fingerprint density at radius 2 is 1.70 bits per heavy atom. The molecule has 0 bridgehead atoms. The molecule has 3 aromatic rings. The first-order valence-electron chi connectivity index (χ1n) is 13.7. The zero-order valence-electron chi connectivity index (χ0n) is 22.1. The molecule has 0 radical (unpaired) electrons. The van der Waals surface area contributed by atoms with E-state index in [2.05, 4.69) is 9.88 Å². The maximum Gasteiger partial charge on any atom is 0.263 e. The van der Waals surface area contributed by atoms with E-state index in [4.69, 9.17) is 11.6 Å². The Morgan fingerprint density at radius 1 is 0.975 bits per heavy atom. The van der Waals surface area contributed by atoms with Gasteiger partial charge in [-0.1, -0.05) is 29.8 Å². The molecule has 1 N–H and O–H groups in total. The minimum atomic E-state index is -0.973. The fourth-order valence-corrected chi connectivity index (χ4v) is 6.32. The Labute approximate surface area is 238 Å². The summed E-state index contributed by atoms with van der Waals surface area (Å²) in [6.07, 6.45) is 5.80. The van der Waals surface area contributed by atoms with Crippen molar-refractivity contribution in [3.05, 3.63) is 94.3 Å². The molecule has 3 aliphatic heterocycles. The lowest BCUT2D eigenvalue weighted by atomic mass is 9.84. The average molecular weight is 559 g/mol. The van der Waals surface area contributed by atoms with Crippen LogP contribution in [-0.2, 0) is 16.9 Å². The number of rotatable bonds is 5. The highest BCUT2D eigenvalue weighted by molar-refractivity contribution is 6.30. The number of amides is 3. The predicted octanol–water partition coefficient (Wildman–Crippen LogP) is 4.26. The summed E-state index contributed by atoms with van der Waals surface area (Å²) < 4.78 is 0. The Kier molecular flexibility index (Phi) is 7.06. The highest BCUT2D eigenvalue weighted by atomic mass is 35.5. The molecule has 0 spiro atoms. The summed E-state index contributed by atoms with van der Waals surface area (Å²) in [5.74, 6) is -0.744. The number of hydrogen-bond donors (Lipinski definition) is 1. The third kappa shape index (κ3) is 4.86. The zero-order chi connectivity index (χ0) is 27.9. The van der Waals surface area contributed by atoms with Crippen molar-refractivity contribution in [3.63, 3.8) is 0 Å². The van der Waals surface area contributed by atoms with Crippen LogP contribution in [0.5, 0.6) is 0 Å². The van der Waals surface area contributed by atoms with Gasteiger partial charge in [0, 0.05) is 43.6 Å². The molecule has 9 heteroatoms. The van der Waals surface area contributed by atoms with E-state index in [9.17, 15) is 19.5 Å². The number of hydrogen-bond acceptors (Lipinski definition) is 6. The number of aromatic nitrogens is 1. The minimum absolute atomic E-state index is 0.0807. The van der Waals surface area contributed by atoms with E-state index in [1.165, 1.54) is 4.90 Å². The quantitative estimate of drug-likeness (QED) is 0.470. The Morgan fingerprint density at radius 3 is 2.42 bits per heavy atom. The first-order valence-corrected chi connectivity index (χ1v) is 14.1. The highest BCUT2D eigenvalue weighted by Gasteiger charge is 2.41. The lowest BCUT2D eigenvalue weighted by Gasteiger charge is -2.41. The number of nitrogens with zero attached hydrogens (tertiary/aromatic N) is 4. The van der Waals surface area contributed by atoms with Crippen molar-refractivity contribution in [2.75, 3.05) is 31.1 Å². The Hall–Kier alpha value is -3.75. The molecule has 1 atom stereocenters. The van der Waals surface area contributed by atoms with E-state index in [-0.39, 0.29) is 30.2 Å². The molecule has 206 valence electrons. The molecule has 2 aromatic carbocycles. The van der Waals surface area contributed by atoms with Gasteiger partial charge in [0.1, 0.15) is 0 Å². The van der Waals surface area contributed by atoms with Crippen molar-refractivity contribution in [2.45, 2.75) is 37.8 Å². The van der Waals surface area contributed by atoms with Gasteiger partial charge >= 0.3 is 0 Å². The lowest BCUT2D eigenvalue weighted by molar-refractivity contribution is -0.140. The maximum absolute atomic E-state index is 13.6. The van der Waals surface area contributed by atoms with E-state index < -0.39 is 5.60 Å². The summed E-state index contributed by atoms with van der Waals surface area (Å²) in [6.45, 7) is 2.34. The lowest BCUT2D eigenvalue weighted by Crippen LogP contribution is -2.50. The molecule has 3 aliphatic rings. The summed E-state index contributed by atoms with van der Waals surface area (Å²) in [6, 6.07) is 16.2. The van der Waals surface area contributed by atoms with Crippen LogP contribution in [-0.4, -0.2) is 63.8 Å². The summed E-state index contributed by atoms with van der Waals surface area (Å²) >= 11 is 6.01. The molecule has 2 fully saturated rings. The van der Waals surface area contributed by atoms with E-state index >= 15 is 0 Å². The number of anilines is 1. The third-order valence-electron chi connectivity index (χ3n) is 8.46. The third-order valence-corrected chi connectivity index (χ3v) is 8.71. The number of pyridine rings is 1. The summed E-state index contributed by atoms with van der Waals surface area (Å²) in [5.41, 5.74) is 2.21. The molecular weight excluding hydrogens is 528 g/mol. The largest absolute Gasteiger partial charge is 0.385 e. The van der Waals surface area contributed by atoms with Crippen molar-refractivity contribution in [3.8, 4) is 0 Å². The second-order valence-electron chi connectivity index (χ2n) is 10.9. The van der Waals surface area contributed by atoms with Gasteiger partial charge < -0.3 is 14.9 Å². The average Bonchev–Trinajstić information content (AvgIpc) is 3.23. The van der Waals surface area contributed by atoms with Crippen molar-refractivity contribution in [1.82, 2.24) is 14.8 Å². The molecule has 4 heterocycles. The number of imide groups is 1. The van der Waals surface area contributed by atoms with E-state index in [1.807, 2.05) is 29.2 Å². The Bertz CT molecular complexity index is 1440. The van der Waals surface area contributed by atoms with Gasteiger partial charge in [-0.15, -0.1) is 0 Å². The summed E-state index contributed by atoms with van der Waals surface area (Å²) in [7, 11) is 0. The van der Waals surface area contributed by atoms with Crippen molar-refractivity contribution in [2.24, 2.45) is 5.92 Å². The predicted molar refractivity (Wildman–Crippen MR) is 151 cm³/mol. The molecule has 1 aromatic heterocycles. The van der Waals surface area contributed by atoms with E-state index in [0.29, 0.717) is 60.9 Å². The maximum atomic E-state index is 13.6. The molecule has 6 rings (SSSR count). The number of benzene rings is 2. The van der Waals surface area contributed by atoms with Gasteiger partial charge in [-0.05, 0) is 73.2 Å². The molecule has 2 saturated heterocycles. The fraction of sp³-hybridized carbons (Fsp3) is 0.355. The van der Waals surface area contributed by atoms with Crippen LogP contribution in [0.4, 0.5) is 5.69 Å². The first kappa shape index (κ1) is 26.5. The number of carbonyl (C=O) groups excluding carboxylic acids is 3. The van der Waals surface area contributed by atoms with E-state index in [0.717, 1.165) is 24.0 Å². The van der Waals surface area contributed by atoms with Crippen molar-refractivity contribution >= 4 is 35.0 Å². The van der Waals surface area contributed by atoms with Gasteiger partial charge in [0.15, 0.2) is 0 Å². The van der Waals surface area contributed by atoms with Gasteiger partial charge in [0.05, 0.1) is 34.9 Å². The standard InChI is InChI=1S/C31H31ClN4O4/c32-24-8-6-23(7-9-24)31(40)12-17-34(18-13-31)28(37)22-3-2-16-35(20-22)26-5-1-4-25-27(26)30(39)36(29(25)38)19-21-10-14-33-15-11-21/h1,4-11,14-15,22,40H,2-3,12-13,16-20H2. The highest BCUT2D eigenvalue weighted by Crippen LogP contribution is 2.37. The monoisotopic (exact) mass is 558 g/mol. The zero-order valence-corrected chi connectivity index (χ0v) is 22.9. The van der Waals surface area contributed by atoms with Gasteiger partial charge in [-0.2, -0.15) is 0 Å². The van der Waals surface area contributed by atoms with Gasteiger partial charge in [-0.25, -0.2) is 0 Å². The second-order valence-corrected chi connectivity index (χ2v) is 11.3. The van der Waals surface area contributed by atoms with Gasteiger partial charge in [-0.3, -0.25) is 24.3 Å². The van der Waals surface area contributed by atoms with E-state index in [1.54, 1.807) is 42.7 Å². The van der Waals surface area contributed by atoms with Crippen LogP contribution >= 0.6 is 11.6 Å². The number of fused-ring (bicyclic) bond motifs is 1. The van der Waals surface area contributed by atoms with Crippen LogP contribution < -0.4 is 4.90 Å². The first-order chi connectivity index (χ1) is 19.3. The summed E-state index contributed by atoms with van der Waals surface area (Å²) in [5, 5.41) is 11.9. The van der Waals surface area contributed by atoms with Crippen molar-refractivity contribution < 1.29 is 19.5 Å². The molecular formula is C31H31ClN4O4. The number of carbonyl (C=O) groups is 3. The van der Waals surface area contributed by atoms with Gasteiger partial charge in [0.25, 0.3) is 11.8 Å². The SMILES string of the molecule is O=C(C1CCCN(c2cccc3c2C(=O)N(Cc2ccncc2)C3=O)C1)N1CCC(O)(c2ccc(Cl)cc2)CC1. The van der Waals surface area contributed by atoms with Crippen molar-refractivity contribution in [1.29, 1.82) is 0 Å². The molecule has 0 aliphatic carbocycles. The number of likely N-dealkylation sites (tertiary alicyclic amines) is 1. The van der Waals surface area contributed by atoms with Crippen LogP contribution in [0.3, 0.4) is 0 Å². The topological polar surface area (TPSA) is 94.1 Å². The van der Waals surface area contributed by atoms with Crippen LogP contribution in [0.2, 0.25) is 5.02 Å². The minimum Gasteiger partial charge on any atom is -0.385 e. The normalized spacial score (nSPS) is 20.6. The van der Waals surface area contributed by atoms with Crippen LogP contribution in [0.25, 0.3) is 0 Å². The van der Waals surface area contributed by atoms with Crippen LogP contribution in [0.1, 0.15) is 57.5 Å². The second kappa shape index (κ2) is 10.7. The Balaban J connectivity index is 1.15. The number of halogens is 1. The molecule has 1 unspecified atom stereocenters. The smallest absolute Gasteiger partial charge is 0.263 e. The van der Waals surface area contributed by atoms with Gasteiger partial charge in [0.2, 0.25) is 5.91 Å². The van der Waals surface area contributed by atoms with Crippen LogP contribution in [0, 0.1) is 5.92 Å². The number of piperidine rings is 2. The van der Waals surface area contributed by atoms with Crippen LogP contribution in [0.15, 0.2) is 67.0 Å². The summed E-state index contributed by atoms with van der Waals surface area (Å²) in [4.78, 5) is 49.5. The fourth-order valence-electron chi connectivity index (χ4n) is 6.20. The molecule has 40 heavy (non-hydrogen) atoms. The molecule has 0 saturated carbocycles. The number of aliphatic hydroxyl groups is 1. The molecule has 8 nitrogen and oxygen atoms in total.